The highest BCUT2D eigenvalue weighted by atomic mass is 79.9. The van der Waals surface area contributed by atoms with Gasteiger partial charge in [0.15, 0.2) is 5.06 Å². The smallest absolute Gasteiger partial charge is 0.174 e. The summed E-state index contributed by atoms with van der Waals surface area (Å²) >= 11 is 4.94. The number of rotatable bonds is 4. The van der Waals surface area contributed by atoms with Gasteiger partial charge in [0.05, 0.1) is 6.61 Å². The van der Waals surface area contributed by atoms with Crippen molar-refractivity contribution >= 4 is 27.3 Å². The molecular formula is C7H10BrNOS. The van der Waals surface area contributed by atoms with Crippen LogP contribution in [0.3, 0.4) is 0 Å². The van der Waals surface area contributed by atoms with Gasteiger partial charge in [-0.25, -0.2) is 0 Å². The van der Waals surface area contributed by atoms with Crippen LogP contribution in [-0.2, 0) is 0 Å². The Morgan fingerprint density at radius 1 is 1.64 bits per heavy atom. The van der Waals surface area contributed by atoms with Crippen molar-refractivity contribution in [1.29, 1.82) is 0 Å². The van der Waals surface area contributed by atoms with Crippen molar-refractivity contribution in [2.24, 2.45) is 5.73 Å². The van der Waals surface area contributed by atoms with Gasteiger partial charge in [0, 0.05) is 15.9 Å². The van der Waals surface area contributed by atoms with Crippen molar-refractivity contribution in [3.63, 3.8) is 0 Å². The highest BCUT2D eigenvalue weighted by Gasteiger charge is 1.96. The molecule has 0 bridgehead atoms. The fourth-order valence-corrected chi connectivity index (χ4v) is 1.91. The van der Waals surface area contributed by atoms with Crippen LogP contribution in [0, 0.1) is 0 Å². The normalized spacial score (nSPS) is 10.0. The van der Waals surface area contributed by atoms with E-state index in [1.165, 1.54) is 0 Å². The van der Waals surface area contributed by atoms with E-state index in [4.69, 9.17) is 10.5 Å². The minimum Gasteiger partial charge on any atom is -0.484 e. The molecule has 0 saturated heterocycles. The summed E-state index contributed by atoms with van der Waals surface area (Å²) in [5.74, 6) is 0. The number of hydrogen-bond acceptors (Lipinski definition) is 3. The van der Waals surface area contributed by atoms with Crippen molar-refractivity contribution in [3.8, 4) is 5.06 Å². The zero-order valence-corrected chi connectivity index (χ0v) is 8.45. The first-order valence-electron chi connectivity index (χ1n) is 3.40. The fourth-order valence-electron chi connectivity index (χ4n) is 0.627. The summed E-state index contributed by atoms with van der Waals surface area (Å²) in [6.45, 7) is 1.40. The van der Waals surface area contributed by atoms with E-state index in [0.717, 1.165) is 16.0 Å². The van der Waals surface area contributed by atoms with Crippen LogP contribution in [0.2, 0.25) is 0 Å². The Bertz CT molecular complexity index is 214. The summed E-state index contributed by atoms with van der Waals surface area (Å²) in [6.07, 6.45) is 0.912. The van der Waals surface area contributed by atoms with Gasteiger partial charge in [-0.15, -0.1) is 11.3 Å². The molecule has 1 heterocycles. The summed E-state index contributed by atoms with van der Waals surface area (Å²) in [5.41, 5.74) is 5.31. The van der Waals surface area contributed by atoms with E-state index in [1.54, 1.807) is 11.3 Å². The number of ether oxygens (including phenoxy) is 1. The van der Waals surface area contributed by atoms with Crippen LogP contribution in [0.15, 0.2) is 15.9 Å². The molecule has 0 aromatic carbocycles. The second-order valence-corrected chi connectivity index (χ2v) is 3.86. The largest absolute Gasteiger partial charge is 0.484 e. The van der Waals surface area contributed by atoms with Gasteiger partial charge in [-0.05, 0) is 28.9 Å². The Morgan fingerprint density at radius 2 is 2.45 bits per heavy atom. The minimum absolute atomic E-state index is 0.687. The lowest BCUT2D eigenvalue weighted by Gasteiger charge is -1.99. The topological polar surface area (TPSA) is 35.2 Å². The zero-order valence-electron chi connectivity index (χ0n) is 6.05. The summed E-state index contributed by atoms with van der Waals surface area (Å²) in [5, 5.41) is 2.95. The van der Waals surface area contributed by atoms with Crippen LogP contribution < -0.4 is 10.5 Å². The first-order valence-corrected chi connectivity index (χ1v) is 5.07. The number of halogens is 1. The third-order valence-electron chi connectivity index (χ3n) is 1.14. The van der Waals surface area contributed by atoms with Crippen LogP contribution in [0.1, 0.15) is 6.42 Å². The van der Waals surface area contributed by atoms with Crippen LogP contribution in [0.4, 0.5) is 0 Å². The molecule has 62 valence electrons. The van der Waals surface area contributed by atoms with Crippen LogP contribution in [0.25, 0.3) is 0 Å². The lowest BCUT2D eigenvalue weighted by Crippen LogP contribution is -2.05. The summed E-state index contributed by atoms with van der Waals surface area (Å²) in [4.78, 5) is 0. The van der Waals surface area contributed by atoms with Gasteiger partial charge >= 0.3 is 0 Å². The molecule has 11 heavy (non-hydrogen) atoms. The molecule has 1 aromatic heterocycles. The van der Waals surface area contributed by atoms with Gasteiger partial charge < -0.3 is 10.5 Å². The molecule has 0 spiro atoms. The van der Waals surface area contributed by atoms with Crippen LogP contribution >= 0.6 is 27.3 Å². The average molecular weight is 236 g/mol. The lowest BCUT2D eigenvalue weighted by molar-refractivity contribution is 0.322. The second kappa shape index (κ2) is 4.74. The van der Waals surface area contributed by atoms with E-state index < -0.39 is 0 Å². The third kappa shape index (κ3) is 3.22. The van der Waals surface area contributed by atoms with E-state index >= 15 is 0 Å². The SMILES string of the molecule is NCCCOc1cc(Br)cs1. The molecule has 4 heteroatoms. The maximum absolute atomic E-state index is 5.38. The fraction of sp³-hybridized carbons (Fsp3) is 0.429. The van der Waals surface area contributed by atoms with Crippen LogP contribution in [-0.4, -0.2) is 13.2 Å². The zero-order chi connectivity index (χ0) is 8.10. The van der Waals surface area contributed by atoms with Gasteiger partial charge in [-0.3, -0.25) is 0 Å². The van der Waals surface area contributed by atoms with E-state index in [1.807, 2.05) is 11.4 Å². The van der Waals surface area contributed by atoms with Gasteiger partial charge in [0.2, 0.25) is 0 Å². The molecule has 0 aliphatic carbocycles. The highest BCUT2D eigenvalue weighted by molar-refractivity contribution is 9.10. The average Bonchev–Trinajstić information content (AvgIpc) is 2.37. The Hall–Kier alpha value is -0.0600. The van der Waals surface area contributed by atoms with Gasteiger partial charge in [-0.1, -0.05) is 0 Å². The molecule has 1 aromatic rings. The van der Waals surface area contributed by atoms with Gasteiger partial charge in [0.25, 0.3) is 0 Å². The van der Waals surface area contributed by atoms with Gasteiger partial charge in [0.1, 0.15) is 0 Å². The standard InChI is InChI=1S/C7H10BrNOS/c8-6-4-7(11-5-6)10-3-1-2-9/h4-5H,1-3,9H2. The summed E-state index contributed by atoms with van der Waals surface area (Å²) in [6, 6.07) is 1.96. The highest BCUT2D eigenvalue weighted by Crippen LogP contribution is 2.26. The van der Waals surface area contributed by atoms with Crippen molar-refractivity contribution < 1.29 is 4.74 Å². The molecule has 0 aliphatic rings. The number of thiophene rings is 1. The molecule has 0 fully saturated rings. The van der Waals surface area contributed by atoms with E-state index in [2.05, 4.69) is 15.9 Å². The van der Waals surface area contributed by atoms with E-state index in [0.29, 0.717) is 13.2 Å². The molecule has 0 saturated carbocycles. The summed E-state index contributed by atoms with van der Waals surface area (Å²) in [7, 11) is 0. The molecule has 0 radical (unpaired) electrons. The monoisotopic (exact) mass is 235 g/mol. The Balaban J connectivity index is 2.27. The third-order valence-corrected chi connectivity index (χ3v) is 2.74. The molecule has 0 unspecified atom stereocenters. The Kier molecular flexibility index (Phi) is 3.90. The molecule has 2 N–H and O–H groups in total. The van der Waals surface area contributed by atoms with Crippen molar-refractivity contribution in [1.82, 2.24) is 0 Å². The van der Waals surface area contributed by atoms with Crippen molar-refractivity contribution in [3.05, 3.63) is 15.9 Å². The van der Waals surface area contributed by atoms with E-state index in [9.17, 15) is 0 Å². The maximum atomic E-state index is 5.38. The molecule has 0 atom stereocenters. The number of nitrogens with two attached hydrogens (primary N) is 1. The van der Waals surface area contributed by atoms with E-state index in [-0.39, 0.29) is 0 Å². The van der Waals surface area contributed by atoms with Crippen molar-refractivity contribution in [2.75, 3.05) is 13.2 Å². The maximum Gasteiger partial charge on any atom is 0.174 e. The molecule has 2 nitrogen and oxygen atoms in total. The predicted molar refractivity (Wildman–Crippen MR) is 51.2 cm³/mol. The van der Waals surface area contributed by atoms with Gasteiger partial charge in [-0.2, -0.15) is 0 Å². The molecule has 1 rings (SSSR count). The first kappa shape index (κ1) is 9.03. The Morgan fingerprint density at radius 3 is 3.00 bits per heavy atom. The first-order chi connectivity index (χ1) is 5.33. The number of hydrogen-bond donors (Lipinski definition) is 1. The quantitative estimate of drug-likeness (QED) is 0.813. The van der Waals surface area contributed by atoms with Crippen molar-refractivity contribution in [2.45, 2.75) is 6.42 Å². The molecule has 0 amide bonds. The second-order valence-electron chi connectivity index (χ2n) is 2.07. The Labute approximate surface area is 78.5 Å². The molecular weight excluding hydrogens is 226 g/mol. The minimum atomic E-state index is 0.687. The predicted octanol–water partition coefficient (Wildman–Crippen LogP) is 2.24. The lowest BCUT2D eigenvalue weighted by atomic mass is 10.5. The molecule has 0 aliphatic heterocycles. The van der Waals surface area contributed by atoms with Crippen LogP contribution in [0.5, 0.6) is 5.06 Å². The summed E-state index contributed by atoms with van der Waals surface area (Å²) < 4.78 is 6.45.